The van der Waals surface area contributed by atoms with Crippen molar-refractivity contribution in [2.75, 3.05) is 13.7 Å². The fourth-order valence-electron chi connectivity index (χ4n) is 3.73. The number of furan rings is 1. The van der Waals surface area contributed by atoms with Crippen molar-refractivity contribution >= 4 is 40.2 Å². The zero-order valence-electron chi connectivity index (χ0n) is 18.7. The highest BCUT2D eigenvalue weighted by Crippen LogP contribution is 2.37. The van der Waals surface area contributed by atoms with E-state index in [1.165, 1.54) is 6.92 Å². The van der Waals surface area contributed by atoms with E-state index < -0.39 is 17.7 Å². The summed E-state index contributed by atoms with van der Waals surface area (Å²) < 4.78 is 11.4. The van der Waals surface area contributed by atoms with E-state index in [0.29, 0.717) is 28.7 Å². The summed E-state index contributed by atoms with van der Waals surface area (Å²) >= 11 is 6.37. The average molecular weight is 455 g/mol. The molecule has 1 aliphatic rings. The number of nitrogens with zero attached hydrogens (tertiary/aromatic N) is 1. The van der Waals surface area contributed by atoms with Crippen molar-refractivity contribution in [1.82, 2.24) is 10.2 Å². The molecule has 3 rings (SSSR count). The number of carbonyl (C=O) groups is 2. The van der Waals surface area contributed by atoms with Gasteiger partial charge in [0.2, 0.25) is 11.8 Å². The lowest BCUT2D eigenvalue weighted by Gasteiger charge is -2.24. The minimum atomic E-state index is -0.745. The predicted octanol–water partition coefficient (Wildman–Crippen LogP) is 5.15. The van der Waals surface area contributed by atoms with Crippen LogP contribution in [0.4, 0.5) is 0 Å². The Morgan fingerprint density at radius 2 is 2.09 bits per heavy atom. The second kappa shape index (κ2) is 9.92. The Kier molecular flexibility index (Phi) is 7.26. The van der Waals surface area contributed by atoms with Crippen LogP contribution in [0.2, 0.25) is 0 Å². The van der Waals surface area contributed by atoms with E-state index in [9.17, 15) is 9.59 Å². The minimum Gasteiger partial charge on any atom is -0.497 e. The number of methoxy groups -OCH3 is 1. The molecule has 0 saturated carbocycles. The van der Waals surface area contributed by atoms with E-state index in [0.717, 1.165) is 22.6 Å². The molecule has 1 unspecified atom stereocenters. The van der Waals surface area contributed by atoms with Crippen LogP contribution in [-0.2, 0) is 16.1 Å². The number of nitrogens with one attached hydrogen (secondary N) is 1. The summed E-state index contributed by atoms with van der Waals surface area (Å²) in [5, 5.41) is 2.91. The van der Waals surface area contributed by atoms with Gasteiger partial charge in [-0.2, -0.15) is 0 Å². The Morgan fingerprint density at radius 3 is 2.72 bits per heavy atom. The standard InChI is InChI=1S/C25H27ClN2O4/c1-6-8-23-20(22(26)7-2)12-24(32-23)21(25(30)27-16(4)29)14-28-13-17-9-10-18(31-5)11-19(17)15(28)3/h6-12,21H,3,13-14H2,1-2,4-5H3,(H,27,29,30). The van der Waals surface area contributed by atoms with Crippen molar-refractivity contribution in [3.05, 3.63) is 71.2 Å². The third-order valence-corrected chi connectivity index (χ3v) is 5.76. The molecule has 2 amide bonds. The van der Waals surface area contributed by atoms with E-state index in [4.69, 9.17) is 20.8 Å². The van der Waals surface area contributed by atoms with Gasteiger partial charge in [-0.1, -0.05) is 36.4 Å². The maximum Gasteiger partial charge on any atom is 0.239 e. The summed E-state index contributed by atoms with van der Waals surface area (Å²) in [5.74, 6) is 0.104. The second-order valence-corrected chi connectivity index (χ2v) is 7.92. The van der Waals surface area contributed by atoms with Crippen molar-refractivity contribution in [2.45, 2.75) is 33.2 Å². The highest BCUT2D eigenvalue weighted by Gasteiger charge is 2.32. The first-order chi connectivity index (χ1) is 15.3. The van der Waals surface area contributed by atoms with Gasteiger partial charge >= 0.3 is 0 Å². The number of benzene rings is 1. The molecule has 168 valence electrons. The maximum atomic E-state index is 13.0. The van der Waals surface area contributed by atoms with Crippen LogP contribution in [0.25, 0.3) is 16.8 Å². The van der Waals surface area contributed by atoms with Gasteiger partial charge in [0, 0.05) is 41.9 Å². The monoisotopic (exact) mass is 454 g/mol. The summed E-state index contributed by atoms with van der Waals surface area (Å²) in [6.45, 7) is 10.1. The largest absolute Gasteiger partial charge is 0.497 e. The molecule has 0 aliphatic carbocycles. The number of allylic oxidation sites excluding steroid dienone is 2. The number of imide groups is 1. The summed E-state index contributed by atoms with van der Waals surface area (Å²) in [4.78, 5) is 26.6. The molecule has 1 aromatic heterocycles. The summed E-state index contributed by atoms with van der Waals surface area (Å²) in [5.41, 5.74) is 3.54. The molecular weight excluding hydrogens is 428 g/mol. The van der Waals surface area contributed by atoms with Crippen LogP contribution in [0.3, 0.4) is 0 Å². The lowest BCUT2D eigenvalue weighted by molar-refractivity contribution is -0.130. The first kappa shape index (κ1) is 23.4. The van der Waals surface area contributed by atoms with E-state index in [1.807, 2.05) is 43.0 Å². The van der Waals surface area contributed by atoms with Gasteiger partial charge in [-0.05, 0) is 43.7 Å². The fourth-order valence-corrected chi connectivity index (χ4v) is 3.88. The first-order valence-electron chi connectivity index (χ1n) is 10.3. The van der Waals surface area contributed by atoms with Crippen molar-refractivity contribution in [3.63, 3.8) is 0 Å². The molecule has 1 aromatic carbocycles. The Bertz CT molecular complexity index is 1110. The topological polar surface area (TPSA) is 71.8 Å². The predicted molar refractivity (Wildman–Crippen MR) is 127 cm³/mol. The molecule has 0 fully saturated rings. The zero-order chi connectivity index (χ0) is 23.4. The molecule has 6 nitrogen and oxygen atoms in total. The van der Waals surface area contributed by atoms with Gasteiger partial charge in [-0.25, -0.2) is 0 Å². The third kappa shape index (κ3) is 4.81. The van der Waals surface area contributed by atoms with Crippen molar-refractivity contribution in [1.29, 1.82) is 0 Å². The Balaban J connectivity index is 1.97. The second-order valence-electron chi connectivity index (χ2n) is 7.51. The number of rotatable bonds is 7. The van der Waals surface area contributed by atoms with Gasteiger partial charge < -0.3 is 14.1 Å². The van der Waals surface area contributed by atoms with Gasteiger partial charge in [0.1, 0.15) is 23.2 Å². The highest BCUT2D eigenvalue weighted by molar-refractivity contribution is 6.49. The van der Waals surface area contributed by atoms with Gasteiger partial charge in [-0.15, -0.1) is 0 Å². The van der Waals surface area contributed by atoms with Crippen LogP contribution >= 0.6 is 11.6 Å². The quantitative estimate of drug-likeness (QED) is 0.626. The third-order valence-electron chi connectivity index (χ3n) is 5.34. The van der Waals surface area contributed by atoms with Crippen LogP contribution in [-0.4, -0.2) is 30.4 Å². The summed E-state index contributed by atoms with van der Waals surface area (Å²) in [7, 11) is 1.62. The van der Waals surface area contributed by atoms with Gasteiger partial charge in [0.15, 0.2) is 0 Å². The van der Waals surface area contributed by atoms with Gasteiger partial charge in [0.05, 0.1) is 7.11 Å². The number of fused-ring (bicyclic) bond motifs is 1. The number of amides is 2. The molecule has 1 aliphatic heterocycles. The number of hydrogen-bond donors (Lipinski definition) is 1. The van der Waals surface area contributed by atoms with E-state index in [-0.39, 0.29) is 6.54 Å². The molecule has 0 bridgehead atoms. The van der Waals surface area contributed by atoms with Crippen molar-refractivity contribution < 1.29 is 18.7 Å². The van der Waals surface area contributed by atoms with E-state index >= 15 is 0 Å². The lowest BCUT2D eigenvalue weighted by atomic mass is 10.0. The molecular formula is C25H27ClN2O4. The number of carbonyl (C=O) groups excluding carboxylic acids is 2. The normalized spacial score (nSPS) is 14.6. The first-order valence-corrected chi connectivity index (χ1v) is 10.7. The van der Waals surface area contributed by atoms with Crippen LogP contribution in [0.15, 0.2) is 47.4 Å². The fraction of sp³-hybridized carbons (Fsp3) is 0.280. The minimum absolute atomic E-state index is 0.282. The molecule has 0 spiro atoms. The molecule has 32 heavy (non-hydrogen) atoms. The Hall–Kier alpha value is -3.25. The molecule has 7 heteroatoms. The smallest absolute Gasteiger partial charge is 0.239 e. The molecule has 2 heterocycles. The van der Waals surface area contributed by atoms with Crippen LogP contribution in [0.1, 0.15) is 54.9 Å². The zero-order valence-corrected chi connectivity index (χ0v) is 19.5. The lowest BCUT2D eigenvalue weighted by Crippen LogP contribution is -2.37. The highest BCUT2D eigenvalue weighted by atomic mass is 35.5. The number of ether oxygens (including phenoxy) is 1. The molecule has 2 aromatic rings. The van der Waals surface area contributed by atoms with E-state index in [2.05, 4.69) is 11.9 Å². The molecule has 0 saturated heterocycles. The Labute approximate surface area is 193 Å². The van der Waals surface area contributed by atoms with E-state index in [1.54, 1.807) is 25.3 Å². The molecule has 0 radical (unpaired) electrons. The maximum absolute atomic E-state index is 13.0. The number of halogens is 1. The summed E-state index contributed by atoms with van der Waals surface area (Å²) in [6.07, 6.45) is 5.39. The van der Waals surface area contributed by atoms with Crippen molar-refractivity contribution in [3.8, 4) is 5.75 Å². The average Bonchev–Trinajstić information content (AvgIpc) is 3.31. The van der Waals surface area contributed by atoms with Crippen LogP contribution in [0.5, 0.6) is 5.75 Å². The number of hydrogen-bond acceptors (Lipinski definition) is 5. The molecule has 1 atom stereocenters. The Morgan fingerprint density at radius 1 is 1.34 bits per heavy atom. The van der Waals surface area contributed by atoms with Crippen LogP contribution < -0.4 is 10.1 Å². The van der Waals surface area contributed by atoms with Crippen molar-refractivity contribution in [2.24, 2.45) is 0 Å². The SMILES string of the molecule is C=C1c2cc(OC)ccc2CN1CC(C(=O)NC(C)=O)c1cc(C(Cl)=CC)c(C=CC)o1. The summed E-state index contributed by atoms with van der Waals surface area (Å²) in [6, 6.07) is 7.59. The molecule has 1 N–H and O–H groups in total. The van der Waals surface area contributed by atoms with Gasteiger partial charge in [0.25, 0.3) is 0 Å². The van der Waals surface area contributed by atoms with Crippen LogP contribution in [0, 0.1) is 0 Å². The van der Waals surface area contributed by atoms with Gasteiger partial charge in [-0.3, -0.25) is 14.9 Å².